The van der Waals surface area contributed by atoms with Crippen LogP contribution >= 0.6 is 11.8 Å². The van der Waals surface area contributed by atoms with Crippen molar-refractivity contribution >= 4 is 28.5 Å². The van der Waals surface area contributed by atoms with Gasteiger partial charge in [-0.2, -0.15) is 11.8 Å². The predicted octanol–water partition coefficient (Wildman–Crippen LogP) is 3.07. The number of rotatable bonds is 7. The zero-order valence-electron chi connectivity index (χ0n) is 12.5. The number of carbonyl (C=O) groups excluding carboxylic acids is 1. The van der Waals surface area contributed by atoms with E-state index in [0.29, 0.717) is 5.56 Å². The van der Waals surface area contributed by atoms with Crippen molar-refractivity contribution in [3.05, 3.63) is 29.8 Å². The Balaban J connectivity index is 2.64. The van der Waals surface area contributed by atoms with Gasteiger partial charge in [0.2, 0.25) is 0 Å². The highest BCUT2D eigenvalue weighted by atomic mass is 32.2. The zero-order valence-corrected chi connectivity index (χ0v) is 14.1. The van der Waals surface area contributed by atoms with E-state index in [1.54, 1.807) is 36.0 Å². The molecule has 1 N–H and O–H groups in total. The average molecular weight is 313 g/mol. The molecule has 3 nitrogen and oxygen atoms in total. The van der Waals surface area contributed by atoms with Crippen LogP contribution in [0.2, 0.25) is 0 Å². The molecule has 1 amide bonds. The first kappa shape index (κ1) is 17.2. The fourth-order valence-corrected chi connectivity index (χ4v) is 3.22. The van der Waals surface area contributed by atoms with Crippen molar-refractivity contribution < 1.29 is 9.00 Å². The molecule has 0 aromatic heterocycles. The van der Waals surface area contributed by atoms with E-state index in [1.165, 1.54) is 0 Å². The summed E-state index contributed by atoms with van der Waals surface area (Å²) in [5.74, 6) is 0.966. The maximum absolute atomic E-state index is 12.0. The second-order valence-electron chi connectivity index (χ2n) is 5.03. The van der Waals surface area contributed by atoms with E-state index >= 15 is 0 Å². The molecular formula is C15H23NO2S2. The lowest BCUT2D eigenvalue weighted by Crippen LogP contribution is -2.32. The van der Waals surface area contributed by atoms with Gasteiger partial charge in [-0.15, -0.1) is 0 Å². The van der Waals surface area contributed by atoms with Crippen molar-refractivity contribution in [3.63, 3.8) is 0 Å². The maximum atomic E-state index is 12.0. The van der Waals surface area contributed by atoms with Gasteiger partial charge >= 0.3 is 0 Å². The Bertz CT molecular complexity index is 457. The maximum Gasteiger partial charge on any atom is 0.251 e. The molecular weight excluding hydrogens is 290 g/mol. The number of amides is 1. The molecule has 0 bridgehead atoms. The van der Waals surface area contributed by atoms with Gasteiger partial charge < -0.3 is 5.32 Å². The summed E-state index contributed by atoms with van der Waals surface area (Å²) in [6.07, 6.45) is 3.02. The van der Waals surface area contributed by atoms with Crippen LogP contribution in [0.1, 0.15) is 37.6 Å². The van der Waals surface area contributed by atoms with Crippen LogP contribution < -0.4 is 5.32 Å². The molecule has 1 aromatic carbocycles. The van der Waals surface area contributed by atoms with Crippen LogP contribution in [-0.4, -0.2) is 33.4 Å². The molecule has 0 spiro atoms. The Morgan fingerprint density at radius 3 is 2.35 bits per heavy atom. The second kappa shape index (κ2) is 8.47. The highest BCUT2D eigenvalue weighted by molar-refractivity contribution is 7.98. The van der Waals surface area contributed by atoms with Crippen molar-refractivity contribution in [2.24, 2.45) is 0 Å². The van der Waals surface area contributed by atoms with Gasteiger partial charge in [-0.05, 0) is 49.6 Å². The monoisotopic (exact) mass is 313 g/mol. The van der Waals surface area contributed by atoms with Crippen molar-refractivity contribution in [1.82, 2.24) is 5.32 Å². The molecule has 0 saturated carbocycles. The Hall–Kier alpha value is -0.810. The Labute approximate surface area is 128 Å². The third-order valence-corrected chi connectivity index (χ3v) is 5.15. The minimum absolute atomic E-state index is 0.0690. The molecule has 0 heterocycles. The fourth-order valence-electron chi connectivity index (χ4n) is 1.69. The van der Waals surface area contributed by atoms with Gasteiger partial charge in [0.15, 0.2) is 0 Å². The van der Waals surface area contributed by atoms with Gasteiger partial charge in [0.05, 0.1) is 10.8 Å². The molecule has 0 aliphatic heterocycles. The lowest BCUT2D eigenvalue weighted by molar-refractivity contribution is 0.0939. The summed E-state index contributed by atoms with van der Waals surface area (Å²) in [5.41, 5.74) is 0.616. The smallest absolute Gasteiger partial charge is 0.251 e. The van der Waals surface area contributed by atoms with Gasteiger partial charge in [-0.25, -0.2) is 0 Å². The second-order valence-corrected chi connectivity index (χ2v) is 8.02. The minimum atomic E-state index is -1.01. The minimum Gasteiger partial charge on any atom is -0.350 e. The summed E-state index contributed by atoms with van der Waals surface area (Å²) in [7, 11) is -1.01. The summed E-state index contributed by atoms with van der Waals surface area (Å²) < 4.78 is 11.9. The molecule has 0 radical (unpaired) electrons. The molecule has 0 aliphatic rings. The summed E-state index contributed by atoms with van der Waals surface area (Å²) in [6.45, 7) is 5.85. The number of hydrogen-bond acceptors (Lipinski definition) is 3. The van der Waals surface area contributed by atoms with Crippen LogP contribution in [-0.2, 0) is 10.8 Å². The third-order valence-electron chi connectivity index (χ3n) is 2.91. The van der Waals surface area contributed by atoms with Gasteiger partial charge in [-0.1, -0.05) is 13.8 Å². The normalized spacial score (nSPS) is 14.1. The third kappa shape index (κ3) is 5.29. The van der Waals surface area contributed by atoms with Gasteiger partial charge in [0.25, 0.3) is 5.91 Å². The van der Waals surface area contributed by atoms with E-state index in [2.05, 4.69) is 11.6 Å². The van der Waals surface area contributed by atoms with Crippen molar-refractivity contribution in [1.29, 1.82) is 0 Å². The largest absolute Gasteiger partial charge is 0.350 e. The first-order chi connectivity index (χ1) is 9.45. The molecule has 20 heavy (non-hydrogen) atoms. The summed E-state index contributed by atoms with van der Waals surface area (Å²) in [6, 6.07) is 7.20. The molecule has 5 heteroatoms. The van der Waals surface area contributed by atoms with Crippen molar-refractivity contribution in [2.45, 2.75) is 43.4 Å². The highest BCUT2D eigenvalue weighted by Gasteiger charge is 2.12. The molecule has 112 valence electrons. The van der Waals surface area contributed by atoms with Crippen LogP contribution in [0.5, 0.6) is 0 Å². The number of thioether (sulfide) groups is 1. The lowest BCUT2D eigenvalue weighted by Gasteiger charge is -2.13. The van der Waals surface area contributed by atoms with Gasteiger partial charge in [-0.3, -0.25) is 9.00 Å². The molecule has 1 aromatic rings. The Kier molecular flexibility index (Phi) is 7.30. The predicted molar refractivity (Wildman–Crippen MR) is 87.9 cm³/mol. The first-order valence-corrected chi connectivity index (χ1v) is 9.36. The highest BCUT2D eigenvalue weighted by Crippen LogP contribution is 2.13. The summed E-state index contributed by atoms with van der Waals surface area (Å²) in [5, 5.41) is 3.06. The van der Waals surface area contributed by atoms with Crippen LogP contribution in [0, 0.1) is 0 Å². The first-order valence-electron chi connectivity index (χ1n) is 6.76. The molecule has 2 unspecified atom stereocenters. The number of carbonyl (C=O) groups is 1. The molecule has 0 aliphatic carbocycles. The van der Waals surface area contributed by atoms with E-state index in [9.17, 15) is 9.00 Å². The Morgan fingerprint density at radius 2 is 1.85 bits per heavy atom. The van der Waals surface area contributed by atoms with Gasteiger partial charge in [0.1, 0.15) is 0 Å². The van der Waals surface area contributed by atoms with Crippen LogP contribution in [0.3, 0.4) is 0 Å². The van der Waals surface area contributed by atoms with Crippen molar-refractivity contribution in [2.75, 3.05) is 12.0 Å². The Morgan fingerprint density at radius 1 is 1.25 bits per heavy atom. The van der Waals surface area contributed by atoms with E-state index in [1.807, 2.05) is 20.8 Å². The SMILES string of the molecule is CSCCC(C)NC(=O)c1ccc(S(=O)C(C)C)cc1. The van der Waals surface area contributed by atoms with E-state index in [4.69, 9.17) is 0 Å². The fraction of sp³-hybridized carbons (Fsp3) is 0.533. The summed E-state index contributed by atoms with van der Waals surface area (Å²) >= 11 is 1.78. The van der Waals surface area contributed by atoms with E-state index in [-0.39, 0.29) is 17.2 Å². The number of benzene rings is 1. The van der Waals surface area contributed by atoms with E-state index in [0.717, 1.165) is 17.1 Å². The number of nitrogens with one attached hydrogen (secondary N) is 1. The quantitative estimate of drug-likeness (QED) is 0.841. The van der Waals surface area contributed by atoms with E-state index < -0.39 is 10.8 Å². The lowest BCUT2D eigenvalue weighted by atomic mass is 10.2. The summed E-state index contributed by atoms with van der Waals surface area (Å²) in [4.78, 5) is 12.8. The number of hydrogen-bond donors (Lipinski definition) is 1. The van der Waals surface area contributed by atoms with Crippen LogP contribution in [0.25, 0.3) is 0 Å². The molecule has 1 rings (SSSR count). The topological polar surface area (TPSA) is 46.2 Å². The van der Waals surface area contributed by atoms with Gasteiger partial charge in [0, 0.05) is 21.8 Å². The molecule has 2 atom stereocenters. The van der Waals surface area contributed by atoms with Crippen molar-refractivity contribution in [3.8, 4) is 0 Å². The van der Waals surface area contributed by atoms with Crippen LogP contribution in [0.15, 0.2) is 29.2 Å². The zero-order chi connectivity index (χ0) is 15.1. The average Bonchev–Trinajstić information content (AvgIpc) is 2.44. The molecule has 0 saturated heterocycles. The standard InChI is InChI=1S/C15H23NO2S2/c1-11(2)20(18)14-7-5-13(6-8-14)15(17)16-12(3)9-10-19-4/h5-8,11-12H,9-10H2,1-4H3,(H,16,17). The van der Waals surface area contributed by atoms with Crippen LogP contribution in [0.4, 0.5) is 0 Å². The molecule has 0 fully saturated rings.